The zero-order valence-corrected chi connectivity index (χ0v) is 11.5. The summed E-state index contributed by atoms with van der Waals surface area (Å²) in [6.45, 7) is 6.07. The number of halogens is 1. The van der Waals surface area contributed by atoms with Gasteiger partial charge in [-0.05, 0) is 30.7 Å². The van der Waals surface area contributed by atoms with Gasteiger partial charge in [-0.25, -0.2) is 0 Å². The first-order valence-electron chi connectivity index (χ1n) is 5.93. The summed E-state index contributed by atoms with van der Waals surface area (Å²) in [5, 5.41) is 0. The molecule has 0 fully saturated rings. The maximum atomic E-state index is 5.63. The van der Waals surface area contributed by atoms with E-state index in [0.29, 0.717) is 0 Å². The van der Waals surface area contributed by atoms with E-state index >= 15 is 0 Å². The minimum absolute atomic E-state index is 0.734. The Morgan fingerprint density at radius 3 is 2.75 bits per heavy atom. The van der Waals surface area contributed by atoms with Crippen molar-refractivity contribution in [3.63, 3.8) is 0 Å². The minimum Gasteiger partial charge on any atom is -0.329 e. The molecule has 2 N–H and O–H groups in total. The standard InChI is InChI=1S/C13H21BrN2/c1-2-3-8-16(9-7-15)11-12-5-4-6-13(14)10-12/h4-6,10H,2-3,7-9,11,15H2,1H3. The lowest BCUT2D eigenvalue weighted by Crippen LogP contribution is -2.30. The van der Waals surface area contributed by atoms with E-state index in [2.05, 4.69) is 52.0 Å². The van der Waals surface area contributed by atoms with Crippen LogP contribution in [0.1, 0.15) is 25.3 Å². The van der Waals surface area contributed by atoms with Crippen LogP contribution in [0.5, 0.6) is 0 Å². The Bertz CT molecular complexity index is 302. The fraction of sp³-hybridized carbons (Fsp3) is 0.538. The zero-order chi connectivity index (χ0) is 11.8. The van der Waals surface area contributed by atoms with Gasteiger partial charge in [0.2, 0.25) is 0 Å². The molecule has 0 bridgehead atoms. The Labute approximate surface area is 107 Å². The predicted molar refractivity (Wildman–Crippen MR) is 73.4 cm³/mol. The summed E-state index contributed by atoms with van der Waals surface area (Å²) in [4.78, 5) is 2.42. The van der Waals surface area contributed by atoms with Crippen molar-refractivity contribution in [2.24, 2.45) is 5.73 Å². The van der Waals surface area contributed by atoms with Gasteiger partial charge in [0.05, 0.1) is 0 Å². The Balaban J connectivity index is 2.52. The summed E-state index contributed by atoms with van der Waals surface area (Å²) in [5.74, 6) is 0. The molecule has 16 heavy (non-hydrogen) atoms. The number of benzene rings is 1. The summed E-state index contributed by atoms with van der Waals surface area (Å²) < 4.78 is 1.15. The highest BCUT2D eigenvalue weighted by Gasteiger charge is 2.04. The van der Waals surface area contributed by atoms with E-state index in [0.717, 1.165) is 30.7 Å². The van der Waals surface area contributed by atoms with Crippen molar-refractivity contribution < 1.29 is 0 Å². The molecule has 0 aliphatic heterocycles. The van der Waals surface area contributed by atoms with E-state index in [-0.39, 0.29) is 0 Å². The van der Waals surface area contributed by atoms with Gasteiger partial charge in [-0.3, -0.25) is 4.90 Å². The highest BCUT2D eigenvalue weighted by atomic mass is 79.9. The molecule has 0 aliphatic rings. The Morgan fingerprint density at radius 1 is 1.31 bits per heavy atom. The van der Waals surface area contributed by atoms with Gasteiger partial charge in [0.25, 0.3) is 0 Å². The van der Waals surface area contributed by atoms with Crippen LogP contribution in [0, 0.1) is 0 Å². The lowest BCUT2D eigenvalue weighted by atomic mass is 10.2. The molecule has 0 radical (unpaired) electrons. The molecule has 90 valence electrons. The number of rotatable bonds is 7. The van der Waals surface area contributed by atoms with Crippen molar-refractivity contribution >= 4 is 15.9 Å². The molecule has 0 spiro atoms. The van der Waals surface area contributed by atoms with Gasteiger partial charge in [-0.1, -0.05) is 41.4 Å². The molecule has 2 nitrogen and oxygen atoms in total. The third kappa shape index (κ3) is 5.10. The lowest BCUT2D eigenvalue weighted by Gasteiger charge is -2.21. The molecule has 0 aromatic heterocycles. The van der Waals surface area contributed by atoms with E-state index in [1.165, 1.54) is 18.4 Å². The predicted octanol–water partition coefficient (Wildman–Crippen LogP) is 3.01. The molecule has 1 aromatic rings. The highest BCUT2D eigenvalue weighted by Crippen LogP contribution is 2.13. The number of hydrogen-bond donors (Lipinski definition) is 1. The van der Waals surface area contributed by atoms with Gasteiger partial charge in [0, 0.05) is 24.1 Å². The van der Waals surface area contributed by atoms with E-state index in [4.69, 9.17) is 5.73 Å². The van der Waals surface area contributed by atoms with Crippen LogP contribution >= 0.6 is 15.9 Å². The first-order valence-corrected chi connectivity index (χ1v) is 6.72. The van der Waals surface area contributed by atoms with Gasteiger partial charge in [0.15, 0.2) is 0 Å². The molecule has 3 heteroatoms. The normalized spacial score (nSPS) is 11.0. The second-order valence-electron chi connectivity index (χ2n) is 4.05. The van der Waals surface area contributed by atoms with E-state index < -0.39 is 0 Å². The maximum absolute atomic E-state index is 5.63. The van der Waals surface area contributed by atoms with Crippen LogP contribution in [-0.4, -0.2) is 24.5 Å². The van der Waals surface area contributed by atoms with Crippen LogP contribution in [0.3, 0.4) is 0 Å². The summed E-state index contributed by atoms with van der Waals surface area (Å²) in [5.41, 5.74) is 6.98. The molecule has 0 heterocycles. The van der Waals surface area contributed by atoms with Crippen molar-refractivity contribution in [1.29, 1.82) is 0 Å². The molecule has 0 saturated carbocycles. The summed E-state index contributed by atoms with van der Waals surface area (Å²) in [6, 6.07) is 8.48. The third-order valence-electron chi connectivity index (χ3n) is 2.57. The van der Waals surface area contributed by atoms with Gasteiger partial charge < -0.3 is 5.73 Å². The molecule has 0 saturated heterocycles. The number of nitrogens with two attached hydrogens (primary N) is 1. The summed E-state index contributed by atoms with van der Waals surface area (Å²) in [6.07, 6.45) is 2.48. The van der Waals surface area contributed by atoms with Crippen LogP contribution < -0.4 is 5.73 Å². The van der Waals surface area contributed by atoms with Crippen LogP contribution in [0.4, 0.5) is 0 Å². The van der Waals surface area contributed by atoms with Crippen molar-refractivity contribution in [1.82, 2.24) is 4.90 Å². The van der Waals surface area contributed by atoms with Gasteiger partial charge in [0.1, 0.15) is 0 Å². The second kappa shape index (κ2) is 7.82. The van der Waals surface area contributed by atoms with Crippen LogP contribution in [0.25, 0.3) is 0 Å². The van der Waals surface area contributed by atoms with Crippen LogP contribution in [0.2, 0.25) is 0 Å². The summed E-state index contributed by atoms with van der Waals surface area (Å²) in [7, 11) is 0. The molecular formula is C13H21BrN2. The largest absolute Gasteiger partial charge is 0.329 e. The average molecular weight is 285 g/mol. The van der Waals surface area contributed by atoms with Gasteiger partial charge >= 0.3 is 0 Å². The quantitative estimate of drug-likeness (QED) is 0.834. The van der Waals surface area contributed by atoms with E-state index in [9.17, 15) is 0 Å². The Kier molecular flexibility index (Phi) is 6.69. The smallest absolute Gasteiger partial charge is 0.0234 e. The maximum Gasteiger partial charge on any atom is 0.0234 e. The Morgan fingerprint density at radius 2 is 2.12 bits per heavy atom. The second-order valence-corrected chi connectivity index (χ2v) is 4.96. The van der Waals surface area contributed by atoms with Crippen molar-refractivity contribution in [2.75, 3.05) is 19.6 Å². The Hall–Kier alpha value is -0.380. The van der Waals surface area contributed by atoms with Crippen molar-refractivity contribution in [3.05, 3.63) is 34.3 Å². The fourth-order valence-electron chi connectivity index (χ4n) is 1.73. The monoisotopic (exact) mass is 284 g/mol. The van der Waals surface area contributed by atoms with Crippen molar-refractivity contribution in [2.45, 2.75) is 26.3 Å². The average Bonchev–Trinajstić information content (AvgIpc) is 2.26. The molecule has 1 rings (SSSR count). The molecule has 0 atom stereocenters. The van der Waals surface area contributed by atoms with E-state index in [1.54, 1.807) is 0 Å². The first-order chi connectivity index (χ1) is 7.76. The van der Waals surface area contributed by atoms with Crippen LogP contribution in [0.15, 0.2) is 28.7 Å². The SMILES string of the molecule is CCCCN(CCN)Cc1cccc(Br)c1. The number of nitrogens with zero attached hydrogens (tertiary/aromatic N) is 1. The zero-order valence-electron chi connectivity index (χ0n) is 9.95. The van der Waals surface area contributed by atoms with Gasteiger partial charge in [-0.2, -0.15) is 0 Å². The molecular weight excluding hydrogens is 264 g/mol. The van der Waals surface area contributed by atoms with Gasteiger partial charge in [-0.15, -0.1) is 0 Å². The molecule has 1 aromatic carbocycles. The number of unbranched alkanes of at least 4 members (excludes halogenated alkanes) is 1. The fourth-order valence-corrected chi connectivity index (χ4v) is 2.17. The first kappa shape index (κ1) is 13.7. The third-order valence-corrected chi connectivity index (χ3v) is 3.06. The molecule has 0 aliphatic carbocycles. The summed E-state index contributed by atoms with van der Waals surface area (Å²) >= 11 is 3.50. The number of hydrogen-bond acceptors (Lipinski definition) is 2. The molecule has 0 amide bonds. The topological polar surface area (TPSA) is 29.3 Å². The highest BCUT2D eigenvalue weighted by molar-refractivity contribution is 9.10. The van der Waals surface area contributed by atoms with Crippen LogP contribution in [-0.2, 0) is 6.54 Å². The van der Waals surface area contributed by atoms with E-state index in [1.807, 2.05) is 0 Å². The molecule has 0 unspecified atom stereocenters. The van der Waals surface area contributed by atoms with Crippen molar-refractivity contribution in [3.8, 4) is 0 Å². The lowest BCUT2D eigenvalue weighted by molar-refractivity contribution is 0.268. The minimum atomic E-state index is 0.734.